The molecule has 1 aromatic carbocycles. The molecule has 22 heavy (non-hydrogen) atoms. The minimum atomic E-state index is -4.44. The van der Waals surface area contributed by atoms with Gasteiger partial charge in [-0.15, -0.1) is 0 Å². The van der Waals surface area contributed by atoms with Crippen molar-refractivity contribution >= 4 is 5.91 Å². The molecule has 1 aliphatic heterocycles. The SMILES string of the molecule is O=C(c1ccc(-c2cccc(C(F)(F)F)c2)o1)N1CC(O)C1. The van der Waals surface area contributed by atoms with Crippen molar-refractivity contribution in [1.82, 2.24) is 4.90 Å². The van der Waals surface area contributed by atoms with Gasteiger partial charge in [0.2, 0.25) is 0 Å². The number of hydrogen-bond acceptors (Lipinski definition) is 3. The van der Waals surface area contributed by atoms with E-state index >= 15 is 0 Å². The summed E-state index contributed by atoms with van der Waals surface area (Å²) in [7, 11) is 0. The van der Waals surface area contributed by atoms with Crippen LogP contribution in [0, 0.1) is 0 Å². The number of furan rings is 1. The molecule has 116 valence electrons. The van der Waals surface area contributed by atoms with Crippen LogP contribution in [0.5, 0.6) is 0 Å². The van der Waals surface area contributed by atoms with Crippen LogP contribution in [0.1, 0.15) is 16.1 Å². The first kappa shape index (κ1) is 14.6. The Morgan fingerprint density at radius 3 is 2.59 bits per heavy atom. The van der Waals surface area contributed by atoms with Gasteiger partial charge in [0.1, 0.15) is 5.76 Å². The number of carbonyl (C=O) groups excluding carboxylic acids is 1. The number of halogens is 3. The zero-order valence-corrected chi connectivity index (χ0v) is 11.3. The summed E-state index contributed by atoms with van der Waals surface area (Å²) in [5.74, 6) is -0.154. The maximum Gasteiger partial charge on any atom is 0.416 e. The number of benzene rings is 1. The molecule has 7 heteroatoms. The van der Waals surface area contributed by atoms with Crippen molar-refractivity contribution in [1.29, 1.82) is 0 Å². The van der Waals surface area contributed by atoms with E-state index in [1.165, 1.54) is 29.2 Å². The lowest BCUT2D eigenvalue weighted by atomic mass is 10.1. The van der Waals surface area contributed by atoms with Crippen molar-refractivity contribution in [2.75, 3.05) is 13.1 Å². The molecule has 1 saturated heterocycles. The number of nitrogens with zero attached hydrogens (tertiary/aromatic N) is 1. The number of aliphatic hydroxyl groups is 1. The molecule has 1 N–H and O–H groups in total. The second-order valence-electron chi connectivity index (χ2n) is 5.11. The summed E-state index contributed by atoms with van der Waals surface area (Å²) in [5.41, 5.74) is -0.530. The first-order valence-corrected chi connectivity index (χ1v) is 6.59. The normalized spacial score (nSPS) is 15.7. The van der Waals surface area contributed by atoms with Crippen LogP contribution in [-0.2, 0) is 6.18 Å². The van der Waals surface area contributed by atoms with Gasteiger partial charge in [-0.3, -0.25) is 4.79 Å². The summed E-state index contributed by atoms with van der Waals surface area (Å²) in [6, 6.07) is 7.59. The third-order valence-corrected chi connectivity index (χ3v) is 3.44. The van der Waals surface area contributed by atoms with Gasteiger partial charge in [-0.05, 0) is 24.3 Å². The molecule has 2 heterocycles. The molecule has 0 radical (unpaired) electrons. The number of carbonyl (C=O) groups is 1. The molecular formula is C15H12F3NO3. The van der Waals surface area contributed by atoms with Crippen molar-refractivity contribution in [3.63, 3.8) is 0 Å². The molecule has 0 unspecified atom stereocenters. The van der Waals surface area contributed by atoms with Crippen LogP contribution in [0.3, 0.4) is 0 Å². The fraction of sp³-hybridized carbons (Fsp3) is 0.267. The highest BCUT2D eigenvalue weighted by Gasteiger charge is 2.32. The summed E-state index contributed by atoms with van der Waals surface area (Å²) in [6.07, 6.45) is -4.96. The minimum Gasteiger partial charge on any atom is -0.451 e. The Morgan fingerprint density at radius 2 is 1.95 bits per heavy atom. The Morgan fingerprint density at radius 1 is 1.23 bits per heavy atom. The summed E-state index contributed by atoms with van der Waals surface area (Å²) < 4.78 is 43.4. The second kappa shape index (κ2) is 5.17. The number of β-amino-alcohol motifs (C(OH)–C–C–N with tert-alkyl or cyclic N) is 1. The Kier molecular flexibility index (Phi) is 3.44. The molecule has 1 amide bonds. The van der Waals surface area contributed by atoms with E-state index in [4.69, 9.17) is 4.42 Å². The third kappa shape index (κ3) is 2.71. The Hall–Kier alpha value is -2.28. The van der Waals surface area contributed by atoms with E-state index < -0.39 is 17.8 Å². The van der Waals surface area contributed by atoms with E-state index in [1.807, 2.05) is 0 Å². The fourth-order valence-electron chi connectivity index (χ4n) is 2.23. The van der Waals surface area contributed by atoms with E-state index in [0.717, 1.165) is 12.1 Å². The van der Waals surface area contributed by atoms with Crippen molar-refractivity contribution in [3.8, 4) is 11.3 Å². The predicted octanol–water partition coefficient (Wildman–Crippen LogP) is 2.78. The van der Waals surface area contributed by atoms with Crippen LogP contribution in [0.15, 0.2) is 40.8 Å². The second-order valence-corrected chi connectivity index (χ2v) is 5.11. The molecule has 1 fully saturated rings. The van der Waals surface area contributed by atoms with Gasteiger partial charge < -0.3 is 14.4 Å². The van der Waals surface area contributed by atoms with Gasteiger partial charge in [0.15, 0.2) is 5.76 Å². The fourth-order valence-corrected chi connectivity index (χ4v) is 2.23. The lowest BCUT2D eigenvalue weighted by Crippen LogP contribution is -2.53. The van der Waals surface area contributed by atoms with Gasteiger partial charge in [-0.25, -0.2) is 0 Å². The van der Waals surface area contributed by atoms with Crippen molar-refractivity contribution < 1.29 is 27.5 Å². The van der Waals surface area contributed by atoms with Gasteiger partial charge >= 0.3 is 6.18 Å². The van der Waals surface area contributed by atoms with Gasteiger partial charge in [0, 0.05) is 18.7 Å². The Balaban J connectivity index is 1.83. The zero-order chi connectivity index (χ0) is 15.9. The molecule has 0 aliphatic carbocycles. The Labute approximate surface area is 123 Å². The molecule has 0 saturated carbocycles. The number of rotatable bonds is 2. The van der Waals surface area contributed by atoms with Gasteiger partial charge in [0.05, 0.1) is 11.7 Å². The molecule has 4 nitrogen and oxygen atoms in total. The number of likely N-dealkylation sites (tertiary alicyclic amines) is 1. The molecule has 1 aromatic heterocycles. The maximum absolute atomic E-state index is 12.7. The highest BCUT2D eigenvalue weighted by molar-refractivity contribution is 5.92. The first-order valence-electron chi connectivity index (χ1n) is 6.59. The number of hydrogen-bond donors (Lipinski definition) is 1. The van der Waals surface area contributed by atoms with E-state index in [1.54, 1.807) is 0 Å². The highest BCUT2D eigenvalue weighted by Crippen LogP contribution is 2.32. The molecule has 3 rings (SSSR count). The summed E-state index contributed by atoms with van der Waals surface area (Å²) >= 11 is 0. The van der Waals surface area contributed by atoms with Gasteiger partial charge in [-0.1, -0.05) is 12.1 Å². The molecule has 1 aliphatic rings. The van der Waals surface area contributed by atoms with Crippen LogP contribution in [0.2, 0.25) is 0 Å². The van der Waals surface area contributed by atoms with E-state index in [2.05, 4.69) is 0 Å². The first-order chi connectivity index (χ1) is 10.3. The van der Waals surface area contributed by atoms with Crippen molar-refractivity contribution in [2.45, 2.75) is 12.3 Å². The van der Waals surface area contributed by atoms with Crippen molar-refractivity contribution in [2.24, 2.45) is 0 Å². The summed E-state index contributed by atoms with van der Waals surface area (Å²) in [6.45, 7) is 0.469. The minimum absolute atomic E-state index is 0.0410. The molecule has 2 aromatic rings. The lowest BCUT2D eigenvalue weighted by molar-refractivity contribution is -0.137. The van der Waals surface area contributed by atoms with E-state index in [9.17, 15) is 23.1 Å². The predicted molar refractivity (Wildman–Crippen MR) is 71.1 cm³/mol. The monoisotopic (exact) mass is 311 g/mol. The standard InChI is InChI=1S/C15H12F3NO3/c16-15(17,18)10-3-1-2-9(6-10)12-4-5-13(22-12)14(21)19-7-11(20)8-19/h1-6,11,20H,7-8H2. The molecule has 0 spiro atoms. The van der Waals surface area contributed by atoms with Crippen LogP contribution < -0.4 is 0 Å². The molecule has 0 bridgehead atoms. The average Bonchev–Trinajstić information content (AvgIpc) is 2.92. The third-order valence-electron chi connectivity index (χ3n) is 3.44. The quantitative estimate of drug-likeness (QED) is 0.928. The molecule has 0 atom stereocenters. The van der Waals surface area contributed by atoms with Gasteiger partial charge in [-0.2, -0.15) is 13.2 Å². The Bertz CT molecular complexity index is 702. The highest BCUT2D eigenvalue weighted by atomic mass is 19.4. The van der Waals surface area contributed by atoms with Crippen LogP contribution in [0.25, 0.3) is 11.3 Å². The maximum atomic E-state index is 12.7. The topological polar surface area (TPSA) is 53.7 Å². The van der Waals surface area contributed by atoms with Crippen LogP contribution in [0.4, 0.5) is 13.2 Å². The zero-order valence-electron chi connectivity index (χ0n) is 11.3. The molecular weight excluding hydrogens is 299 g/mol. The largest absolute Gasteiger partial charge is 0.451 e. The van der Waals surface area contributed by atoms with Crippen molar-refractivity contribution in [3.05, 3.63) is 47.7 Å². The smallest absolute Gasteiger partial charge is 0.416 e. The van der Waals surface area contributed by atoms with Crippen LogP contribution >= 0.6 is 0 Å². The summed E-state index contributed by atoms with van der Waals surface area (Å²) in [5, 5.41) is 9.17. The number of amides is 1. The van der Waals surface area contributed by atoms with Crippen LogP contribution in [-0.4, -0.2) is 35.1 Å². The van der Waals surface area contributed by atoms with Gasteiger partial charge in [0.25, 0.3) is 5.91 Å². The van der Waals surface area contributed by atoms with E-state index in [-0.39, 0.29) is 36.1 Å². The average molecular weight is 311 g/mol. The lowest BCUT2D eigenvalue weighted by Gasteiger charge is -2.35. The van der Waals surface area contributed by atoms with E-state index in [0.29, 0.717) is 0 Å². The number of aliphatic hydroxyl groups excluding tert-OH is 1. The summed E-state index contributed by atoms with van der Waals surface area (Å²) in [4.78, 5) is 13.4. The number of alkyl halides is 3.